The monoisotopic (exact) mass is 219 g/mol. The first-order valence-corrected chi connectivity index (χ1v) is 4.41. The fraction of sp³-hybridized carbons (Fsp3) is 0.500. The molecule has 1 aromatic rings. The van der Waals surface area contributed by atoms with Crippen LogP contribution in [-0.2, 0) is 4.74 Å². The minimum Gasteiger partial charge on any atom is -0.383 e. The van der Waals surface area contributed by atoms with Crippen molar-refractivity contribution < 1.29 is 9.13 Å². The van der Waals surface area contributed by atoms with Crippen molar-refractivity contribution in [3.63, 3.8) is 0 Å². The van der Waals surface area contributed by atoms with E-state index in [1.807, 2.05) is 0 Å². The third-order valence-electron chi connectivity index (χ3n) is 1.69. The van der Waals surface area contributed by atoms with Crippen molar-refractivity contribution in [2.24, 2.45) is 0 Å². The molecule has 78 valence electrons. The molecule has 4 nitrogen and oxygen atoms in total. The first-order valence-electron chi connectivity index (χ1n) is 4.03. The molecule has 0 aliphatic heterocycles. The number of nitrogens with zero attached hydrogens (tertiary/aromatic N) is 3. The van der Waals surface area contributed by atoms with Crippen LogP contribution in [-0.4, -0.2) is 37.3 Å². The lowest BCUT2D eigenvalue weighted by Crippen LogP contribution is -2.24. The van der Waals surface area contributed by atoms with Crippen LogP contribution >= 0.6 is 11.6 Å². The highest BCUT2D eigenvalue weighted by Gasteiger charge is 2.10. The number of anilines is 1. The van der Waals surface area contributed by atoms with E-state index in [-0.39, 0.29) is 11.1 Å². The largest absolute Gasteiger partial charge is 0.383 e. The van der Waals surface area contributed by atoms with Crippen molar-refractivity contribution in [1.29, 1.82) is 0 Å². The molecule has 1 rings (SSSR count). The van der Waals surface area contributed by atoms with Gasteiger partial charge >= 0.3 is 0 Å². The normalized spacial score (nSPS) is 10.3. The van der Waals surface area contributed by atoms with Crippen LogP contribution in [0.3, 0.4) is 0 Å². The fourth-order valence-electron chi connectivity index (χ4n) is 0.939. The summed E-state index contributed by atoms with van der Waals surface area (Å²) in [5.41, 5.74) is 0. The van der Waals surface area contributed by atoms with Crippen molar-refractivity contribution in [3.05, 3.63) is 17.3 Å². The molecule has 1 aromatic heterocycles. The molecule has 0 radical (unpaired) electrons. The highest BCUT2D eigenvalue weighted by Crippen LogP contribution is 2.15. The van der Waals surface area contributed by atoms with Crippen LogP contribution in [0.2, 0.25) is 5.28 Å². The average molecular weight is 220 g/mol. The van der Waals surface area contributed by atoms with Gasteiger partial charge in [-0.3, -0.25) is 0 Å². The molecule has 0 bridgehead atoms. The molecule has 0 spiro atoms. The van der Waals surface area contributed by atoms with Crippen LogP contribution < -0.4 is 4.90 Å². The summed E-state index contributed by atoms with van der Waals surface area (Å²) in [4.78, 5) is 8.92. The number of hydrogen-bond donors (Lipinski definition) is 0. The minimum atomic E-state index is -0.493. The van der Waals surface area contributed by atoms with Gasteiger partial charge in [-0.15, -0.1) is 0 Å². The Morgan fingerprint density at radius 2 is 2.36 bits per heavy atom. The second-order valence-corrected chi connectivity index (χ2v) is 3.06. The lowest BCUT2D eigenvalue weighted by atomic mass is 10.5. The Morgan fingerprint density at radius 3 is 3.00 bits per heavy atom. The first kappa shape index (κ1) is 11.1. The summed E-state index contributed by atoms with van der Waals surface area (Å²) in [6.45, 7) is 1.04. The van der Waals surface area contributed by atoms with E-state index in [1.165, 1.54) is 0 Å². The van der Waals surface area contributed by atoms with Gasteiger partial charge in [0, 0.05) is 20.7 Å². The molecule has 0 aromatic carbocycles. The highest BCUT2D eigenvalue weighted by atomic mass is 35.5. The topological polar surface area (TPSA) is 38.2 Å². The zero-order valence-corrected chi connectivity index (χ0v) is 8.75. The third kappa shape index (κ3) is 2.78. The van der Waals surface area contributed by atoms with E-state index in [4.69, 9.17) is 16.3 Å². The van der Waals surface area contributed by atoms with Crippen molar-refractivity contribution in [3.8, 4) is 0 Å². The molecule has 0 N–H and O–H groups in total. The van der Waals surface area contributed by atoms with E-state index in [1.54, 1.807) is 19.1 Å². The number of methoxy groups -OCH3 is 1. The quantitative estimate of drug-likeness (QED) is 0.717. The van der Waals surface area contributed by atoms with Gasteiger partial charge in [0.1, 0.15) is 0 Å². The van der Waals surface area contributed by atoms with Gasteiger partial charge < -0.3 is 9.64 Å². The molecule has 0 fully saturated rings. The molecule has 0 aliphatic rings. The standard InChI is InChI=1S/C8H11ClFN3O/c1-13(3-4-14-2)7-6(10)5-11-8(9)12-7/h5H,3-4H2,1-2H3. The van der Waals surface area contributed by atoms with E-state index in [9.17, 15) is 4.39 Å². The summed E-state index contributed by atoms with van der Waals surface area (Å²) < 4.78 is 18.0. The van der Waals surface area contributed by atoms with E-state index in [0.717, 1.165) is 6.20 Å². The molecule has 14 heavy (non-hydrogen) atoms. The Labute approximate surface area is 86.7 Å². The Bertz CT molecular complexity index is 311. The maximum absolute atomic E-state index is 13.2. The Balaban J connectivity index is 2.77. The predicted molar refractivity (Wildman–Crippen MR) is 52.1 cm³/mol. The van der Waals surface area contributed by atoms with Gasteiger partial charge in [-0.25, -0.2) is 9.37 Å². The van der Waals surface area contributed by atoms with Gasteiger partial charge in [-0.2, -0.15) is 4.98 Å². The van der Waals surface area contributed by atoms with Crippen molar-refractivity contribution in [1.82, 2.24) is 9.97 Å². The van der Waals surface area contributed by atoms with Crippen LogP contribution in [0.25, 0.3) is 0 Å². The SMILES string of the molecule is COCCN(C)c1nc(Cl)ncc1F. The van der Waals surface area contributed by atoms with Crippen LogP contribution in [0.5, 0.6) is 0 Å². The maximum Gasteiger partial charge on any atom is 0.224 e. The molecule has 1 heterocycles. The Morgan fingerprint density at radius 1 is 1.64 bits per heavy atom. The molecular weight excluding hydrogens is 209 g/mol. The lowest BCUT2D eigenvalue weighted by molar-refractivity contribution is 0.206. The Hall–Kier alpha value is -0.940. The number of hydrogen-bond acceptors (Lipinski definition) is 4. The number of halogens is 2. The summed E-state index contributed by atoms with van der Waals surface area (Å²) in [5, 5.41) is 0.0330. The summed E-state index contributed by atoms with van der Waals surface area (Å²) in [5.74, 6) is -0.310. The smallest absolute Gasteiger partial charge is 0.224 e. The number of rotatable bonds is 4. The van der Waals surface area contributed by atoms with E-state index >= 15 is 0 Å². The molecule has 0 saturated carbocycles. The number of aromatic nitrogens is 2. The van der Waals surface area contributed by atoms with Crippen LogP contribution in [0, 0.1) is 5.82 Å². The maximum atomic E-state index is 13.2. The van der Waals surface area contributed by atoms with Gasteiger partial charge in [0.2, 0.25) is 5.28 Å². The predicted octanol–water partition coefficient (Wildman–Crippen LogP) is 1.35. The van der Waals surface area contributed by atoms with E-state index < -0.39 is 5.82 Å². The average Bonchev–Trinajstić information content (AvgIpc) is 2.18. The van der Waals surface area contributed by atoms with Crippen molar-refractivity contribution >= 4 is 17.4 Å². The summed E-state index contributed by atoms with van der Waals surface area (Å²) in [6, 6.07) is 0. The van der Waals surface area contributed by atoms with E-state index in [0.29, 0.717) is 13.2 Å². The molecule has 0 atom stereocenters. The van der Waals surface area contributed by atoms with Crippen molar-refractivity contribution in [2.45, 2.75) is 0 Å². The first-order chi connectivity index (χ1) is 6.65. The van der Waals surface area contributed by atoms with Crippen LogP contribution in [0.1, 0.15) is 0 Å². The fourth-order valence-corrected chi connectivity index (χ4v) is 1.07. The summed E-state index contributed by atoms with van der Waals surface area (Å²) in [6.07, 6.45) is 1.05. The van der Waals surface area contributed by atoms with Gasteiger partial charge in [-0.1, -0.05) is 0 Å². The van der Waals surface area contributed by atoms with Gasteiger partial charge in [-0.05, 0) is 11.6 Å². The van der Waals surface area contributed by atoms with E-state index in [2.05, 4.69) is 9.97 Å². The Kier molecular flexibility index (Phi) is 4.03. The van der Waals surface area contributed by atoms with Crippen LogP contribution in [0.15, 0.2) is 6.20 Å². The highest BCUT2D eigenvalue weighted by molar-refractivity contribution is 6.28. The second kappa shape index (κ2) is 5.07. The molecular formula is C8H11ClFN3O. The minimum absolute atomic E-state index is 0.0330. The van der Waals surface area contributed by atoms with Gasteiger partial charge in [0.25, 0.3) is 0 Å². The molecule has 0 amide bonds. The number of ether oxygens (including phenoxy) is 1. The van der Waals surface area contributed by atoms with Gasteiger partial charge in [0.05, 0.1) is 12.8 Å². The second-order valence-electron chi connectivity index (χ2n) is 2.72. The molecule has 6 heteroatoms. The van der Waals surface area contributed by atoms with Crippen LogP contribution in [0.4, 0.5) is 10.2 Å². The summed E-state index contributed by atoms with van der Waals surface area (Å²) >= 11 is 5.55. The van der Waals surface area contributed by atoms with Gasteiger partial charge in [0.15, 0.2) is 11.6 Å². The van der Waals surface area contributed by atoms with Crippen molar-refractivity contribution in [2.75, 3.05) is 32.2 Å². The summed E-state index contributed by atoms with van der Waals surface area (Å²) in [7, 11) is 3.29. The molecule has 0 unspecified atom stereocenters. The molecule has 0 saturated heterocycles. The molecule has 0 aliphatic carbocycles. The number of likely N-dealkylation sites (N-methyl/N-ethyl adjacent to an activating group) is 1. The lowest BCUT2D eigenvalue weighted by Gasteiger charge is -2.17. The third-order valence-corrected chi connectivity index (χ3v) is 1.87. The zero-order chi connectivity index (χ0) is 10.6. The zero-order valence-electron chi connectivity index (χ0n) is 8.00.